The van der Waals surface area contributed by atoms with Crippen LogP contribution in [0.4, 0.5) is 0 Å². The summed E-state index contributed by atoms with van der Waals surface area (Å²) in [4.78, 5) is 18.2. The van der Waals surface area contributed by atoms with Gasteiger partial charge < -0.3 is 14.8 Å². The fourth-order valence-electron chi connectivity index (χ4n) is 2.85. The van der Waals surface area contributed by atoms with Crippen LogP contribution in [-0.4, -0.2) is 24.1 Å². The summed E-state index contributed by atoms with van der Waals surface area (Å²) >= 11 is 7.52. The molecule has 4 rings (SSSR count). The molecule has 0 saturated carbocycles. The van der Waals surface area contributed by atoms with Crippen LogP contribution in [0.25, 0.3) is 11.3 Å². The number of aromatic nitrogens is 1. The van der Waals surface area contributed by atoms with Crippen LogP contribution in [-0.2, 0) is 6.54 Å². The Hall–Kier alpha value is -2.57. The number of nitrogens with zero attached hydrogens (tertiary/aromatic N) is 1. The van der Waals surface area contributed by atoms with Gasteiger partial charge >= 0.3 is 0 Å². The van der Waals surface area contributed by atoms with E-state index in [2.05, 4.69) is 10.3 Å². The lowest BCUT2D eigenvalue weighted by molar-refractivity contribution is 0.0949. The molecule has 2 heterocycles. The number of aryl methyl sites for hydroxylation is 1. The summed E-state index contributed by atoms with van der Waals surface area (Å²) in [6.45, 7) is 3.40. The first-order valence-corrected chi connectivity index (χ1v) is 9.70. The molecule has 0 bridgehead atoms. The second kappa shape index (κ2) is 7.58. The molecule has 1 amide bonds. The third kappa shape index (κ3) is 3.91. The second-order valence-electron chi connectivity index (χ2n) is 6.06. The number of carbonyl (C=O) groups excluding carboxylic acids is 1. The molecule has 1 aliphatic heterocycles. The first kappa shape index (κ1) is 17.8. The maximum Gasteiger partial charge on any atom is 0.251 e. The molecule has 1 aliphatic rings. The molecule has 7 heteroatoms. The monoisotopic (exact) mass is 400 g/mol. The number of halogens is 1. The van der Waals surface area contributed by atoms with E-state index in [1.54, 1.807) is 29.5 Å². The van der Waals surface area contributed by atoms with Crippen LogP contribution < -0.4 is 14.8 Å². The molecule has 0 radical (unpaired) electrons. The first-order chi connectivity index (χ1) is 13.1. The van der Waals surface area contributed by atoms with Gasteiger partial charge in [0, 0.05) is 21.0 Å². The highest BCUT2D eigenvalue weighted by molar-refractivity contribution is 7.12. The molecule has 1 aromatic heterocycles. The van der Waals surface area contributed by atoms with Crippen molar-refractivity contribution in [3.63, 3.8) is 0 Å². The summed E-state index contributed by atoms with van der Waals surface area (Å²) in [7, 11) is 0. The highest BCUT2D eigenvalue weighted by atomic mass is 35.5. The molecule has 0 saturated heterocycles. The normalized spacial score (nSPS) is 12.7. The number of amides is 1. The van der Waals surface area contributed by atoms with E-state index in [0.717, 1.165) is 21.1 Å². The Balaban J connectivity index is 1.45. The number of fused-ring (bicyclic) bond motifs is 1. The van der Waals surface area contributed by atoms with Crippen LogP contribution in [0.15, 0.2) is 42.5 Å². The zero-order valence-corrected chi connectivity index (χ0v) is 16.2. The maximum absolute atomic E-state index is 12.5. The molecule has 27 heavy (non-hydrogen) atoms. The highest BCUT2D eigenvalue weighted by Gasteiger charge is 2.16. The summed E-state index contributed by atoms with van der Waals surface area (Å²) in [5.74, 6) is 1.10. The molecule has 0 spiro atoms. The van der Waals surface area contributed by atoms with Gasteiger partial charge in [-0.25, -0.2) is 4.98 Å². The standard InChI is InChI=1S/C20H17ClN2O3S/c1-12-19(13-2-5-15(21)6-3-13)23-18(27-12)11-22-20(24)14-4-7-16-17(10-14)26-9-8-25-16/h2-7,10H,8-9,11H2,1H3,(H,22,24). The third-order valence-electron chi connectivity index (χ3n) is 4.16. The summed E-state index contributed by atoms with van der Waals surface area (Å²) < 4.78 is 11.0. The van der Waals surface area contributed by atoms with Gasteiger partial charge in [-0.2, -0.15) is 0 Å². The number of carbonyl (C=O) groups is 1. The van der Waals surface area contributed by atoms with Gasteiger partial charge in [-0.3, -0.25) is 4.79 Å². The third-order valence-corrected chi connectivity index (χ3v) is 5.39. The van der Waals surface area contributed by atoms with E-state index < -0.39 is 0 Å². The molecule has 138 valence electrons. The number of hydrogen-bond acceptors (Lipinski definition) is 5. The van der Waals surface area contributed by atoms with Gasteiger partial charge in [-0.1, -0.05) is 23.7 Å². The number of benzene rings is 2. The van der Waals surface area contributed by atoms with Gasteiger partial charge in [0.1, 0.15) is 18.2 Å². The fraction of sp³-hybridized carbons (Fsp3) is 0.200. The Morgan fingerprint density at radius 2 is 1.89 bits per heavy atom. The fourth-order valence-corrected chi connectivity index (χ4v) is 3.87. The van der Waals surface area contributed by atoms with Crippen molar-refractivity contribution in [1.82, 2.24) is 10.3 Å². The largest absolute Gasteiger partial charge is 0.486 e. The van der Waals surface area contributed by atoms with Crippen molar-refractivity contribution in [2.45, 2.75) is 13.5 Å². The van der Waals surface area contributed by atoms with Gasteiger partial charge in [0.25, 0.3) is 5.91 Å². The topological polar surface area (TPSA) is 60.5 Å². The lowest BCUT2D eigenvalue weighted by atomic mass is 10.1. The zero-order chi connectivity index (χ0) is 18.8. The van der Waals surface area contributed by atoms with E-state index in [-0.39, 0.29) is 5.91 Å². The summed E-state index contributed by atoms with van der Waals surface area (Å²) in [5.41, 5.74) is 2.46. The SMILES string of the molecule is Cc1sc(CNC(=O)c2ccc3c(c2)OCCO3)nc1-c1ccc(Cl)cc1. The zero-order valence-electron chi connectivity index (χ0n) is 14.6. The summed E-state index contributed by atoms with van der Waals surface area (Å²) in [6, 6.07) is 12.8. The number of hydrogen-bond donors (Lipinski definition) is 1. The van der Waals surface area contributed by atoms with Crippen molar-refractivity contribution < 1.29 is 14.3 Å². The van der Waals surface area contributed by atoms with E-state index in [1.807, 2.05) is 31.2 Å². The molecule has 0 fully saturated rings. The Morgan fingerprint density at radius 1 is 1.15 bits per heavy atom. The number of thiazole rings is 1. The van der Waals surface area contributed by atoms with Gasteiger partial charge in [0.05, 0.1) is 12.2 Å². The van der Waals surface area contributed by atoms with Crippen molar-refractivity contribution in [2.75, 3.05) is 13.2 Å². The summed E-state index contributed by atoms with van der Waals surface area (Å²) in [6.07, 6.45) is 0. The lowest BCUT2D eigenvalue weighted by Gasteiger charge is -2.18. The van der Waals surface area contributed by atoms with Crippen molar-refractivity contribution >= 4 is 28.8 Å². The number of rotatable bonds is 4. The molecule has 0 atom stereocenters. The van der Waals surface area contributed by atoms with Crippen molar-refractivity contribution in [3.8, 4) is 22.8 Å². The lowest BCUT2D eigenvalue weighted by Crippen LogP contribution is -2.23. The predicted molar refractivity (Wildman–Crippen MR) is 106 cm³/mol. The molecule has 2 aromatic carbocycles. The van der Waals surface area contributed by atoms with E-state index in [4.69, 9.17) is 21.1 Å². The molecular formula is C20H17ClN2O3S. The minimum absolute atomic E-state index is 0.173. The van der Waals surface area contributed by atoms with Crippen LogP contribution >= 0.6 is 22.9 Å². The molecule has 5 nitrogen and oxygen atoms in total. The highest BCUT2D eigenvalue weighted by Crippen LogP contribution is 2.31. The molecule has 1 N–H and O–H groups in total. The van der Waals surface area contributed by atoms with Gasteiger partial charge in [-0.05, 0) is 37.3 Å². The van der Waals surface area contributed by atoms with Crippen molar-refractivity contribution in [2.24, 2.45) is 0 Å². The van der Waals surface area contributed by atoms with E-state index in [9.17, 15) is 4.79 Å². The molecule has 3 aromatic rings. The molecule has 0 aliphatic carbocycles. The maximum atomic E-state index is 12.5. The molecular weight excluding hydrogens is 384 g/mol. The van der Waals surface area contributed by atoms with E-state index in [1.165, 1.54) is 0 Å². The van der Waals surface area contributed by atoms with Gasteiger partial charge in [0.15, 0.2) is 11.5 Å². The Labute approximate surface area is 165 Å². The van der Waals surface area contributed by atoms with Crippen molar-refractivity contribution in [3.05, 3.63) is 62.9 Å². The minimum atomic E-state index is -0.173. The Bertz CT molecular complexity index is 985. The summed E-state index contributed by atoms with van der Waals surface area (Å²) in [5, 5.41) is 4.46. The molecule has 0 unspecified atom stereocenters. The average Bonchev–Trinajstić information content (AvgIpc) is 3.07. The van der Waals surface area contributed by atoms with Crippen LogP contribution in [0.5, 0.6) is 11.5 Å². The van der Waals surface area contributed by atoms with Gasteiger partial charge in [0.2, 0.25) is 0 Å². The van der Waals surface area contributed by atoms with Crippen molar-refractivity contribution in [1.29, 1.82) is 0 Å². The Morgan fingerprint density at radius 3 is 2.67 bits per heavy atom. The Kier molecular flexibility index (Phi) is 5.01. The van der Waals surface area contributed by atoms with E-state index >= 15 is 0 Å². The number of ether oxygens (including phenoxy) is 2. The minimum Gasteiger partial charge on any atom is -0.486 e. The smallest absolute Gasteiger partial charge is 0.251 e. The van der Waals surface area contributed by atoms with Crippen LogP contribution in [0.3, 0.4) is 0 Å². The van der Waals surface area contributed by atoms with E-state index in [0.29, 0.717) is 41.8 Å². The second-order valence-corrected chi connectivity index (χ2v) is 7.78. The van der Waals surface area contributed by atoms with Crippen LogP contribution in [0.2, 0.25) is 5.02 Å². The average molecular weight is 401 g/mol. The van der Waals surface area contributed by atoms with Gasteiger partial charge in [-0.15, -0.1) is 11.3 Å². The first-order valence-electron chi connectivity index (χ1n) is 8.50. The van der Waals surface area contributed by atoms with Crippen LogP contribution in [0, 0.1) is 6.92 Å². The quantitative estimate of drug-likeness (QED) is 0.701. The predicted octanol–water partition coefficient (Wildman–Crippen LogP) is 4.47. The van der Waals surface area contributed by atoms with Crippen LogP contribution in [0.1, 0.15) is 20.2 Å². The number of nitrogens with one attached hydrogen (secondary N) is 1.